The third-order valence-electron chi connectivity index (χ3n) is 4.34. The molecule has 0 amide bonds. The summed E-state index contributed by atoms with van der Waals surface area (Å²) in [7, 11) is 1.36. The summed E-state index contributed by atoms with van der Waals surface area (Å²) in [4.78, 5) is 11.5. The lowest BCUT2D eigenvalue weighted by molar-refractivity contribution is 0.0599. The highest BCUT2D eigenvalue weighted by Crippen LogP contribution is 2.37. The predicted octanol–water partition coefficient (Wildman–Crippen LogP) is 2.02. The highest BCUT2D eigenvalue weighted by atomic mass is 16.5. The van der Waals surface area contributed by atoms with Crippen LogP contribution < -0.4 is 5.32 Å². The minimum absolute atomic E-state index is 0.0627. The van der Waals surface area contributed by atoms with Crippen LogP contribution >= 0.6 is 0 Å². The average molecular weight is 281 g/mol. The Bertz CT molecular complexity index is 482. The molecular weight excluding hydrogens is 258 g/mol. The molecule has 2 rings (SSSR count). The third kappa shape index (κ3) is 2.88. The second kappa shape index (κ2) is 5.97. The van der Waals surface area contributed by atoms with Gasteiger partial charge in [0.05, 0.1) is 13.7 Å². The minimum atomic E-state index is -0.376. The van der Waals surface area contributed by atoms with Crippen molar-refractivity contribution >= 4 is 5.97 Å². The van der Waals surface area contributed by atoms with E-state index in [0.29, 0.717) is 17.9 Å². The normalized spacial score (nSPS) is 25.9. The number of esters is 1. The molecule has 1 aromatic heterocycles. The molecule has 1 aliphatic carbocycles. The van der Waals surface area contributed by atoms with Gasteiger partial charge in [-0.05, 0) is 25.8 Å². The van der Waals surface area contributed by atoms with E-state index in [1.54, 1.807) is 13.0 Å². The van der Waals surface area contributed by atoms with Gasteiger partial charge in [0.1, 0.15) is 17.1 Å². The molecule has 1 aromatic rings. The van der Waals surface area contributed by atoms with E-state index in [2.05, 4.69) is 12.2 Å². The summed E-state index contributed by atoms with van der Waals surface area (Å²) in [6.07, 6.45) is 3.21. The Labute approximate surface area is 119 Å². The molecule has 2 unspecified atom stereocenters. The summed E-state index contributed by atoms with van der Waals surface area (Å²) < 4.78 is 10.3. The first-order valence-electron chi connectivity index (χ1n) is 7.02. The highest BCUT2D eigenvalue weighted by molar-refractivity contribution is 5.90. The van der Waals surface area contributed by atoms with Crippen LogP contribution in [0.1, 0.15) is 48.1 Å². The smallest absolute Gasteiger partial charge is 0.341 e. The lowest BCUT2D eigenvalue weighted by atomic mass is 9.86. The van der Waals surface area contributed by atoms with Crippen molar-refractivity contribution in [2.24, 2.45) is 5.41 Å². The Morgan fingerprint density at radius 1 is 1.65 bits per heavy atom. The number of nitrogens with one attached hydrogen (secondary N) is 1. The van der Waals surface area contributed by atoms with Crippen LogP contribution in [0.2, 0.25) is 0 Å². The fourth-order valence-corrected chi connectivity index (χ4v) is 2.94. The molecule has 0 spiro atoms. The molecule has 0 saturated heterocycles. The molecule has 2 atom stereocenters. The maximum absolute atomic E-state index is 11.5. The van der Waals surface area contributed by atoms with Gasteiger partial charge in [0.15, 0.2) is 0 Å². The SMILES string of the molecule is COC(=O)c1cc(CNC2CCCC2(C)CO)oc1C. The van der Waals surface area contributed by atoms with Crippen LogP contribution in [-0.2, 0) is 11.3 Å². The van der Waals surface area contributed by atoms with E-state index in [1.165, 1.54) is 7.11 Å². The number of rotatable bonds is 5. The topological polar surface area (TPSA) is 71.7 Å². The van der Waals surface area contributed by atoms with Gasteiger partial charge in [-0.1, -0.05) is 13.3 Å². The van der Waals surface area contributed by atoms with Crippen molar-refractivity contribution in [3.05, 3.63) is 23.2 Å². The first-order chi connectivity index (χ1) is 9.50. The molecule has 5 nitrogen and oxygen atoms in total. The molecule has 5 heteroatoms. The second-order valence-electron chi connectivity index (χ2n) is 5.81. The third-order valence-corrected chi connectivity index (χ3v) is 4.34. The molecule has 112 valence electrons. The molecule has 1 heterocycles. The van der Waals surface area contributed by atoms with Crippen molar-refractivity contribution in [3.8, 4) is 0 Å². The lowest BCUT2D eigenvalue weighted by Crippen LogP contribution is -2.41. The van der Waals surface area contributed by atoms with E-state index >= 15 is 0 Å². The van der Waals surface area contributed by atoms with Crippen molar-refractivity contribution in [1.82, 2.24) is 5.32 Å². The quantitative estimate of drug-likeness (QED) is 0.808. The summed E-state index contributed by atoms with van der Waals surface area (Å²) in [5.74, 6) is 0.915. The van der Waals surface area contributed by atoms with Crippen LogP contribution in [0, 0.1) is 12.3 Å². The van der Waals surface area contributed by atoms with Gasteiger partial charge in [-0.3, -0.25) is 0 Å². The van der Waals surface area contributed by atoms with E-state index in [-0.39, 0.29) is 24.0 Å². The van der Waals surface area contributed by atoms with E-state index in [0.717, 1.165) is 25.0 Å². The summed E-state index contributed by atoms with van der Waals surface area (Å²) >= 11 is 0. The van der Waals surface area contributed by atoms with Crippen molar-refractivity contribution in [3.63, 3.8) is 0 Å². The Morgan fingerprint density at radius 2 is 2.40 bits per heavy atom. The number of hydrogen-bond donors (Lipinski definition) is 2. The fourth-order valence-electron chi connectivity index (χ4n) is 2.94. The molecule has 0 radical (unpaired) electrons. The second-order valence-corrected chi connectivity index (χ2v) is 5.81. The van der Waals surface area contributed by atoms with E-state index < -0.39 is 0 Å². The number of carbonyl (C=O) groups excluding carboxylic acids is 1. The van der Waals surface area contributed by atoms with E-state index in [1.807, 2.05) is 0 Å². The van der Waals surface area contributed by atoms with Gasteiger partial charge in [-0.15, -0.1) is 0 Å². The maximum Gasteiger partial charge on any atom is 0.341 e. The molecule has 1 aliphatic rings. The summed E-state index contributed by atoms with van der Waals surface area (Å²) in [5, 5.41) is 13.0. The molecule has 0 bridgehead atoms. The van der Waals surface area contributed by atoms with Gasteiger partial charge in [0.2, 0.25) is 0 Å². The number of ether oxygens (including phenoxy) is 1. The average Bonchev–Trinajstić information content (AvgIpc) is 2.99. The van der Waals surface area contributed by atoms with Crippen molar-refractivity contribution < 1.29 is 19.1 Å². The van der Waals surface area contributed by atoms with Crippen LogP contribution in [0.15, 0.2) is 10.5 Å². The molecule has 1 fully saturated rings. The van der Waals surface area contributed by atoms with E-state index in [9.17, 15) is 9.90 Å². The van der Waals surface area contributed by atoms with Crippen molar-refractivity contribution in [2.45, 2.75) is 45.7 Å². The molecular formula is C15H23NO4. The fraction of sp³-hybridized carbons (Fsp3) is 0.667. The first kappa shape index (κ1) is 15.1. The van der Waals surface area contributed by atoms with Crippen LogP contribution in [0.3, 0.4) is 0 Å². The van der Waals surface area contributed by atoms with Crippen LogP contribution in [0.4, 0.5) is 0 Å². The molecule has 0 aromatic carbocycles. The van der Waals surface area contributed by atoms with E-state index in [4.69, 9.17) is 9.15 Å². The standard InChI is InChI=1S/C15H23NO4/c1-10-12(14(18)19-3)7-11(20-10)8-16-13-5-4-6-15(13,2)9-17/h7,13,16-17H,4-6,8-9H2,1-3H3. The number of aliphatic hydroxyl groups is 1. The zero-order valence-corrected chi connectivity index (χ0v) is 12.4. The first-order valence-corrected chi connectivity index (χ1v) is 7.02. The van der Waals surface area contributed by atoms with Crippen LogP contribution in [-0.4, -0.2) is 30.8 Å². The predicted molar refractivity (Wildman–Crippen MR) is 74.5 cm³/mol. The molecule has 20 heavy (non-hydrogen) atoms. The Balaban J connectivity index is 1.99. The number of carbonyl (C=O) groups is 1. The molecule has 1 saturated carbocycles. The zero-order valence-electron chi connectivity index (χ0n) is 12.4. The number of furan rings is 1. The molecule has 2 N–H and O–H groups in total. The monoisotopic (exact) mass is 281 g/mol. The lowest BCUT2D eigenvalue weighted by Gasteiger charge is -2.30. The summed E-state index contributed by atoms with van der Waals surface area (Å²) in [5.41, 5.74) is 0.410. The Hall–Kier alpha value is -1.33. The summed E-state index contributed by atoms with van der Waals surface area (Å²) in [6.45, 7) is 4.60. The van der Waals surface area contributed by atoms with Gasteiger partial charge in [-0.2, -0.15) is 0 Å². The Morgan fingerprint density at radius 3 is 3.05 bits per heavy atom. The number of methoxy groups -OCH3 is 1. The van der Waals surface area contributed by atoms with Gasteiger partial charge < -0.3 is 19.6 Å². The number of hydrogen-bond acceptors (Lipinski definition) is 5. The van der Waals surface area contributed by atoms with Crippen LogP contribution in [0.25, 0.3) is 0 Å². The van der Waals surface area contributed by atoms with Crippen molar-refractivity contribution in [2.75, 3.05) is 13.7 Å². The Kier molecular flexibility index (Phi) is 4.50. The minimum Gasteiger partial charge on any atom is -0.465 e. The van der Waals surface area contributed by atoms with Gasteiger partial charge in [0, 0.05) is 18.1 Å². The van der Waals surface area contributed by atoms with Gasteiger partial charge >= 0.3 is 5.97 Å². The maximum atomic E-state index is 11.5. The van der Waals surface area contributed by atoms with Crippen LogP contribution in [0.5, 0.6) is 0 Å². The summed E-state index contributed by atoms with van der Waals surface area (Å²) in [6, 6.07) is 2.00. The highest BCUT2D eigenvalue weighted by Gasteiger charge is 2.37. The largest absolute Gasteiger partial charge is 0.465 e. The van der Waals surface area contributed by atoms with Crippen molar-refractivity contribution in [1.29, 1.82) is 0 Å². The zero-order chi connectivity index (χ0) is 14.8. The van der Waals surface area contributed by atoms with Gasteiger partial charge in [0.25, 0.3) is 0 Å². The number of aliphatic hydroxyl groups excluding tert-OH is 1. The number of aryl methyl sites for hydroxylation is 1. The van der Waals surface area contributed by atoms with Gasteiger partial charge in [-0.25, -0.2) is 4.79 Å². The molecule has 0 aliphatic heterocycles.